The summed E-state index contributed by atoms with van der Waals surface area (Å²) >= 11 is 0. The van der Waals surface area contributed by atoms with Crippen molar-refractivity contribution < 1.29 is 9.47 Å². The minimum atomic E-state index is 0.486. The topological polar surface area (TPSA) is 58.1 Å². The van der Waals surface area contributed by atoms with Gasteiger partial charge >= 0.3 is 0 Å². The van der Waals surface area contributed by atoms with Gasteiger partial charge in [-0.05, 0) is 43.4 Å². The molecule has 0 amide bonds. The summed E-state index contributed by atoms with van der Waals surface area (Å²) in [4.78, 5) is 6.83. The monoisotopic (exact) mass is 362 g/mol. The first-order valence-electron chi connectivity index (χ1n) is 9.48. The second-order valence-electron chi connectivity index (χ2n) is 6.81. The van der Waals surface area contributed by atoms with Crippen LogP contribution in [0.4, 0.5) is 0 Å². The highest BCUT2D eigenvalue weighted by atomic mass is 16.5. The maximum atomic E-state index is 5.40. The SMILES string of the molecule is CN=C(NCCc1ccc(C)c(OC)c1)NC1CCN(CCOC)CC1. The van der Waals surface area contributed by atoms with Crippen LogP contribution in [0.2, 0.25) is 0 Å². The Kier molecular flexibility index (Phi) is 8.71. The first kappa shape index (κ1) is 20.5. The van der Waals surface area contributed by atoms with E-state index in [0.29, 0.717) is 6.04 Å². The van der Waals surface area contributed by atoms with E-state index in [2.05, 4.69) is 45.6 Å². The minimum Gasteiger partial charge on any atom is -0.496 e. The number of aryl methyl sites for hydroxylation is 1. The molecule has 6 heteroatoms. The summed E-state index contributed by atoms with van der Waals surface area (Å²) < 4.78 is 10.6. The first-order chi connectivity index (χ1) is 12.7. The molecule has 0 radical (unpaired) electrons. The fourth-order valence-corrected chi connectivity index (χ4v) is 3.25. The van der Waals surface area contributed by atoms with Gasteiger partial charge in [-0.15, -0.1) is 0 Å². The number of piperidine rings is 1. The van der Waals surface area contributed by atoms with Crippen LogP contribution in [0.5, 0.6) is 5.75 Å². The predicted octanol–water partition coefficient (Wildman–Crippen LogP) is 1.82. The van der Waals surface area contributed by atoms with Gasteiger partial charge in [0.05, 0.1) is 13.7 Å². The zero-order chi connectivity index (χ0) is 18.8. The van der Waals surface area contributed by atoms with Crippen LogP contribution in [0.15, 0.2) is 23.2 Å². The van der Waals surface area contributed by atoms with Crippen molar-refractivity contribution in [3.63, 3.8) is 0 Å². The third-order valence-electron chi connectivity index (χ3n) is 4.94. The normalized spacial score (nSPS) is 16.5. The number of rotatable bonds is 8. The van der Waals surface area contributed by atoms with Gasteiger partial charge in [-0.3, -0.25) is 4.99 Å². The number of nitrogens with zero attached hydrogens (tertiary/aromatic N) is 2. The molecule has 0 atom stereocenters. The van der Waals surface area contributed by atoms with Gasteiger partial charge < -0.3 is 25.0 Å². The number of benzene rings is 1. The molecule has 2 N–H and O–H groups in total. The highest BCUT2D eigenvalue weighted by molar-refractivity contribution is 5.79. The van der Waals surface area contributed by atoms with Crippen LogP contribution in [-0.4, -0.2) is 71.0 Å². The lowest BCUT2D eigenvalue weighted by Crippen LogP contribution is -2.49. The summed E-state index contributed by atoms with van der Waals surface area (Å²) in [6.07, 6.45) is 3.21. The molecular weight excluding hydrogens is 328 g/mol. The van der Waals surface area contributed by atoms with Crippen molar-refractivity contribution in [3.8, 4) is 5.75 Å². The molecule has 1 aliphatic rings. The number of hydrogen-bond donors (Lipinski definition) is 2. The molecule has 0 spiro atoms. The van der Waals surface area contributed by atoms with Gasteiger partial charge in [-0.2, -0.15) is 0 Å². The zero-order valence-electron chi connectivity index (χ0n) is 16.7. The number of likely N-dealkylation sites (tertiary alicyclic amines) is 1. The summed E-state index contributed by atoms with van der Waals surface area (Å²) in [5.74, 6) is 1.84. The molecule has 146 valence electrons. The van der Waals surface area contributed by atoms with Gasteiger partial charge in [-0.1, -0.05) is 12.1 Å². The largest absolute Gasteiger partial charge is 0.496 e. The summed E-state index contributed by atoms with van der Waals surface area (Å²) in [5.41, 5.74) is 2.43. The summed E-state index contributed by atoms with van der Waals surface area (Å²) in [6.45, 7) is 6.97. The Labute approximate surface area is 158 Å². The molecule has 1 fully saturated rings. The molecule has 1 aromatic rings. The van der Waals surface area contributed by atoms with Gasteiger partial charge in [-0.25, -0.2) is 0 Å². The molecule has 1 aliphatic heterocycles. The fourth-order valence-electron chi connectivity index (χ4n) is 3.25. The number of hydrogen-bond acceptors (Lipinski definition) is 4. The third-order valence-corrected chi connectivity index (χ3v) is 4.94. The van der Waals surface area contributed by atoms with E-state index < -0.39 is 0 Å². The van der Waals surface area contributed by atoms with Crippen molar-refractivity contribution in [2.75, 3.05) is 54.1 Å². The number of methoxy groups -OCH3 is 2. The molecule has 0 aromatic heterocycles. The van der Waals surface area contributed by atoms with E-state index in [1.54, 1.807) is 14.2 Å². The highest BCUT2D eigenvalue weighted by Crippen LogP contribution is 2.19. The maximum absolute atomic E-state index is 5.40. The van der Waals surface area contributed by atoms with Crippen LogP contribution in [-0.2, 0) is 11.2 Å². The maximum Gasteiger partial charge on any atom is 0.191 e. The average Bonchev–Trinajstić information content (AvgIpc) is 2.67. The van der Waals surface area contributed by atoms with Crippen LogP contribution in [0.1, 0.15) is 24.0 Å². The van der Waals surface area contributed by atoms with E-state index in [9.17, 15) is 0 Å². The molecule has 0 aliphatic carbocycles. The Morgan fingerprint density at radius 2 is 2.04 bits per heavy atom. The van der Waals surface area contributed by atoms with E-state index in [4.69, 9.17) is 9.47 Å². The van der Waals surface area contributed by atoms with E-state index in [1.807, 2.05) is 7.05 Å². The van der Waals surface area contributed by atoms with Crippen LogP contribution in [0, 0.1) is 6.92 Å². The molecule has 0 bridgehead atoms. The Hall–Kier alpha value is -1.79. The first-order valence-corrected chi connectivity index (χ1v) is 9.48. The second-order valence-corrected chi connectivity index (χ2v) is 6.81. The lowest BCUT2D eigenvalue weighted by atomic mass is 10.1. The molecule has 6 nitrogen and oxygen atoms in total. The average molecular weight is 363 g/mol. The Morgan fingerprint density at radius 1 is 1.27 bits per heavy atom. The van der Waals surface area contributed by atoms with Crippen molar-refractivity contribution in [2.45, 2.75) is 32.2 Å². The van der Waals surface area contributed by atoms with Crippen molar-refractivity contribution in [1.29, 1.82) is 0 Å². The van der Waals surface area contributed by atoms with E-state index >= 15 is 0 Å². The number of ether oxygens (including phenoxy) is 2. The number of nitrogens with one attached hydrogen (secondary N) is 2. The molecule has 26 heavy (non-hydrogen) atoms. The molecule has 0 unspecified atom stereocenters. The summed E-state index contributed by atoms with van der Waals surface area (Å²) in [5, 5.41) is 6.98. The van der Waals surface area contributed by atoms with Gasteiger partial charge in [0.25, 0.3) is 0 Å². The standard InChI is InChI=1S/C20H34N4O2/c1-16-5-6-17(15-19(16)26-4)7-10-22-20(21-2)23-18-8-11-24(12-9-18)13-14-25-3/h5-6,15,18H,7-14H2,1-4H3,(H2,21,22,23). The van der Waals surface area contributed by atoms with Gasteiger partial charge in [0, 0.05) is 46.4 Å². The van der Waals surface area contributed by atoms with Crippen LogP contribution < -0.4 is 15.4 Å². The van der Waals surface area contributed by atoms with Crippen LogP contribution in [0.25, 0.3) is 0 Å². The number of guanidine groups is 1. The summed E-state index contributed by atoms with van der Waals surface area (Å²) in [7, 11) is 5.31. The second kappa shape index (κ2) is 11.0. The fraction of sp³-hybridized carbons (Fsp3) is 0.650. The Morgan fingerprint density at radius 3 is 2.69 bits per heavy atom. The molecular formula is C20H34N4O2. The minimum absolute atomic E-state index is 0.486. The van der Waals surface area contributed by atoms with Crippen molar-refractivity contribution in [2.24, 2.45) is 4.99 Å². The highest BCUT2D eigenvalue weighted by Gasteiger charge is 2.19. The molecule has 0 saturated carbocycles. The molecule has 1 aromatic carbocycles. The molecule has 2 rings (SSSR count). The van der Waals surface area contributed by atoms with Gasteiger partial charge in [0.1, 0.15) is 5.75 Å². The van der Waals surface area contributed by atoms with Gasteiger partial charge in [0.2, 0.25) is 0 Å². The Balaban J connectivity index is 1.71. The van der Waals surface area contributed by atoms with E-state index in [1.165, 1.54) is 11.1 Å². The van der Waals surface area contributed by atoms with Crippen molar-refractivity contribution >= 4 is 5.96 Å². The Bertz CT molecular complexity index is 569. The predicted molar refractivity (Wildman–Crippen MR) is 107 cm³/mol. The number of aliphatic imine (C=N–C) groups is 1. The van der Waals surface area contributed by atoms with E-state index in [-0.39, 0.29) is 0 Å². The lowest BCUT2D eigenvalue weighted by Gasteiger charge is -2.32. The van der Waals surface area contributed by atoms with Gasteiger partial charge in [0.15, 0.2) is 5.96 Å². The van der Waals surface area contributed by atoms with Crippen LogP contribution >= 0.6 is 0 Å². The molecule has 1 heterocycles. The lowest BCUT2D eigenvalue weighted by molar-refractivity contribution is 0.128. The van der Waals surface area contributed by atoms with Crippen molar-refractivity contribution in [3.05, 3.63) is 29.3 Å². The van der Waals surface area contributed by atoms with E-state index in [0.717, 1.165) is 63.8 Å². The summed E-state index contributed by atoms with van der Waals surface area (Å²) in [6, 6.07) is 6.87. The van der Waals surface area contributed by atoms with Crippen molar-refractivity contribution in [1.82, 2.24) is 15.5 Å². The quantitative estimate of drug-likeness (QED) is 0.546. The smallest absolute Gasteiger partial charge is 0.191 e. The zero-order valence-corrected chi connectivity index (χ0v) is 16.7. The van der Waals surface area contributed by atoms with Crippen LogP contribution in [0.3, 0.4) is 0 Å². The third kappa shape index (κ3) is 6.50. The molecule has 1 saturated heterocycles.